The Morgan fingerprint density at radius 3 is 2.17 bits per heavy atom. The van der Waals surface area contributed by atoms with Gasteiger partial charge in [0, 0.05) is 5.69 Å². The number of imide groups is 1. The number of esters is 1. The van der Waals surface area contributed by atoms with Crippen LogP contribution in [0.3, 0.4) is 0 Å². The lowest BCUT2D eigenvalue weighted by atomic mass is 10.1. The molecule has 3 aromatic rings. The maximum absolute atomic E-state index is 13.1. The molecule has 2 amide bonds. The van der Waals surface area contributed by atoms with Crippen LogP contribution in [0, 0.1) is 6.92 Å². The molecule has 0 spiro atoms. The topological polar surface area (TPSA) is 75.7 Å². The van der Waals surface area contributed by atoms with Crippen molar-refractivity contribution in [1.29, 1.82) is 0 Å². The zero-order valence-electron chi connectivity index (χ0n) is 18.3. The minimum absolute atomic E-state index is 0.215. The van der Waals surface area contributed by atoms with Crippen LogP contribution in [-0.2, 0) is 15.8 Å². The van der Waals surface area contributed by atoms with E-state index in [2.05, 4.69) is 5.32 Å². The van der Waals surface area contributed by atoms with Gasteiger partial charge in [-0.2, -0.15) is 13.2 Å². The van der Waals surface area contributed by atoms with E-state index in [1.165, 1.54) is 24.3 Å². The van der Waals surface area contributed by atoms with E-state index in [4.69, 9.17) is 27.9 Å². The molecule has 0 saturated carbocycles. The number of carbonyl (C=O) groups is 3. The highest BCUT2D eigenvalue weighted by Gasteiger charge is 2.41. The second-order valence-corrected chi connectivity index (χ2v) is 8.49. The van der Waals surface area contributed by atoms with Gasteiger partial charge in [-0.25, -0.2) is 9.69 Å². The molecule has 6 nitrogen and oxygen atoms in total. The zero-order chi connectivity index (χ0) is 26.2. The summed E-state index contributed by atoms with van der Waals surface area (Å²) in [6.07, 6.45) is -4.72. The fourth-order valence-electron chi connectivity index (χ4n) is 3.30. The van der Waals surface area contributed by atoms with Crippen molar-refractivity contribution in [3.8, 4) is 5.75 Å². The van der Waals surface area contributed by atoms with Crippen molar-refractivity contribution in [3.05, 3.63) is 99.2 Å². The van der Waals surface area contributed by atoms with Crippen LogP contribution in [0.2, 0.25) is 5.02 Å². The van der Waals surface area contributed by atoms with Crippen LogP contribution in [0.15, 0.2) is 77.5 Å². The maximum Gasteiger partial charge on any atom is 0.416 e. The van der Waals surface area contributed by atoms with E-state index in [-0.39, 0.29) is 22.0 Å². The number of halogens is 5. The number of nitrogens with zero attached hydrogens (tertiary/aromatic N) is 1. The number of alkyl halides is 3. The largest absolute Gasteiger partial charge is 0.423 e. The summed E-state index contributed by atoms with van der Waals surface area (Å²) in [4.78, 5) is 38.4. The summed E-state index contributed by atoms with van der Waals surface area (Å²) in [5, 5.41) is 1.90. The minimum Gasteiger partial charge on any atom is -0.423 e. The molecule has 3 aromatic carbocycles. The third kappa shape index (κ3) is 5.07. The Hall–Kier alpha value is -3.82. The quantitative estimate of drug-likeness (QED) is 0.235. The molecular formula is C25H15Cl2F3N2O4. The normalized spacial score (nSPS) is 13.9. The van der Waals surface area contributed by atoms with Gasteiger partial charge < -0.3 is 10.1 Å². The number of hydrogen-bond donors (Lipinski definition) is 1. The summed E-state index contributed by atoms with van der Waals surface area (Å²) < 4.78 is 44.7. The van der Waals surface area contributed by atoms with Gasteiger partial charge in [-0.3, -0.25) is 9.59 Å². The Balaban J connectivity index is 1.52. The zero-order valence-corrected chi connectivity index (χ0v) is 19.8. The lowest BCUT2D eigenvalue weighted by Gasteiger charge is -2.18. The minimum atomic E-state index is -4.72. The summed E-state index contributed by atoms with van der Waals surface area (Å²) in [5.74, 6) is -2.27. The summed E-state index contributed by atoms with van der Waals surface area (Å²) >= 11 is 12.0. The van der Waals surface area contributed by atoms with Gasteiger partial charge in [-0.1, -0.05) is 40.9 Å². The molecule has 0 atom stereocenters. The first-order valence-corrected chi connectivity index (χ1v) is 11.0. The Bertz CT molecular complexity index is 1400. The van der Waals surface area contributed by atoms with E-state index in [1.807, 2.05) is 6.92 Å². The van der Waals surface area contributed by atoms with Crippen LogP contribution >= 0.6 is 23.2 Å². The number of carbonyl (C=O) groups excluding carboxylic acids is 3. The Morgan fingerprint density at radius 1 is 0.917 bits per heavy atom. The van der Waals surface area contributed by atoms with Crippen molar-refractivity contribution >= 4 is 52.4 Å². The fourth-order valence-corrected chi connectivity index (χ4v) is 3.71. The first kappa shape index (κ1) is 25.3. The number of aryl methyl sites for hydroxylation is 1. The Morgan fingerprint density at radius 2 is 1.56 bits per heavy atom. The van der Waals surface area contributed by atoms with Crippen molar-refractivity contribution in [2.24, 2.45) is 0 Å². The Kier molecular flexibility index (Phi) is 6.79. The molecule has 0 bridgehead atoms. The molecule has 0 unspecified atom stereocenters. The number of anilines is 2. The van der Waals surface area contributed by atoms with Crippen LogP contribution in [-0.4, -0.2) is 17.8 Å². The van der Waals surface area contributed by atoms with Crippen molar-refractivity contribution in [2.45, 2.75) is 13.1 Å². The molecule has 0 aromatic heterocycles. The SMILES string of the molecule is Cc1ccc(OC(=O)c2ccc(NC3=C(Cl)C(=O)N(c4cc(C(F)(F)F)ccc4Cl)C3=O)cc2)cc1. The van der Waals surface area contributed by atoms with E-state index in [0.717, 1.165) is 17.7 Å². The average molecular weight is 535 g/mol. The van der Waals surface area contributed by atoms with Crippen LogP contribution in [0.1, 0.15) is 21.5 Å². The molecule has 1 N–H and O–H groups in total. The number of nitrogens with one attached hydrogen (secondary N) is 1. The highest BCUT2D eigenvalue weighted by atomic mass is 35.5. The van der Waals surface area contributed by atoms with Crippen LogP contribution in [0.25, 0.3) is 0 Å². The van der Waals surface area contributed by atoms with E-state index < -0.39 is 40.2 Å². The molecular weight excluding hydrogens is 520 g/mol. The summed E-state index contributed by atoms with van der Waals surface area (Å²) in [6, 6.07) is 14.9. The number of rotatable bonds is 5. The van der Waals surface area contributed by atoms with Gasteiger partial charge in [0.25, 0.3) is 11.8 Å². The number of amides is 2. The fraction of sp³-hybridized carbons (Fsp3) is 0.0800. The highest BCUT2D eigenvalue weighted by Crippen LogP contribution is 2.38. The monoisotopic (exact) mass is 534 g/mol. The molecule has 1 heterocycles. The molecule has 1 aliphatic heterocycles. The molecule has 1 aliphatic rings. The molecule has 4 rings (SSSR count). The third-order valence-corrected chi connectivity index (χ3v) is 5.83. The first-order valence-electron chi connectivity index (χ1n) is 10.3. The second kappa shape index (κ2) is 9.67. The smallest absolute Gasteiger partial charge is 0.416 e. The molecule has 11 heteroatoms. The van der Waals surface area contributed by atoms with Crippen LogP contribution in [0.5, 0.6) is 5.75 Å². The summed E-state index contributed by atoms with van der Waals surface area (Å²) in [6.45, 7) is 1.90. The van der Waals surface area contributed by atoms with Crippen molar-refractivity contribution < 1.29 is 32.3 Å². The molecule has 0 aliphatic carbocycles. The molecule has 0 saturated heterocycles. The number of ether oxygens (including phenoxy) is 1. The van der Waals surface area contributed by atoms with Crippen molar-refractivity contribution in [3.63, 3.8) is 0 Å². The molecule has 36 heavy (non-hydrogen) atoms. The predicted molar refractivity (Wildman–Crippen MR) is 128 cm³/mol. The summed E-state index contributed by atoms with van der Waals surface area (Å²) in [7, 11) is 0. The highest BCUT2D eigenvalue weighted by molar-refractivity contribution is 6.53. The molecule has 0 fully saturated rings. The molecule has 184 valence electrons. The number of benzene rings is 3. The summed E-state index contributed by atoms with van der Waals surface area (Å²) in [5.41, 5.74) is -0.392. The van der Waals surface area contributed by atoms with Gasteiger partial charge in [0.15, 0.2) is 0 Å². The van der Waals surface area contributed by atoms with E-state index in [1.54, 1.807) is 24.3 Å². The van der Waals surface area contributed by atoms with Gasteiger partial charge in [0.05, 0.1) is 21.8 Å². The standard InChI is InChI=1S/C25H15Cl2F3N2O4/c1-13-2-9-17(10-3-13)36-24(35)14-4-7-16(8-5-14)31-21-20(27)22(33)32(23(21)34)19-12-15(25(28,29)30)6-11-18(19)26/h2-12,31H,1H3. The average Bonchev–Trinajstić information content (AvgIpc) is 3.03. The van der Waals surface area contributed by atoms with Gasteiger partial charge in [0.1, 0.15) is 16.5 Å². The Labute approximate surface area is 212 Å². The van der Waals surface area contributed by atoms with Crippen LogP contribution in [0.4, 0.5) is 24.5 Å². The third-order valence-electron chi connectivity index (χ3n) is 5.16. The number of hydrogen-bond acceptors (Lipinski definition) is 5. The van der Waals surface area contributed by atoms with Crippen LogP contribution < -0.4 is 15.0 Å². The van der Waals surface area contributed by atoms with Gasteiger partial charge >= 0.3 is 12.1 Å². The maximum atomic E-state index is 13.1. The van der Waals surface area contributed by atoms with E-state index in [9.17, 15) is 27.6 Å². The lowest BCUT2D eigenvalue weighted by molar-refractivity contribution is -0.137. The van der Waals surface area contributed by atoms with E-state index in [0.29, 0.717) is 16.7 Å². The van der Waals surface area contributed by atoms with Gasteiger partial charge in [0.2, 0.25) is 0 Å². The van der Waals surface area contributed by atoms with Crippen molar-refractivity contribution in [1.82, 2.24) is 0 Å². The molecule has 0 radical (unpaired) electrons. The van der Waals surface area contributed by atoms with Gasteiger partial charge in [-0.15, -0.1) is 0 Å². The van der Waals surface area contributed by atoms with E-state index >= 15 is 0 Å². The second-order valence-electron chi connectivity index (χ2n) is 7.70. The lowest BCUT2D eigenvalue weighted by Crippen LogP contribution is -2.32. The first-order chi connectivity index (χ1) is 17.0. The van der Waals surface area contributed by atoms with Gasteiger partial charge in [-0.05, 0) is 61.5 Å². The predicted octanol–water partition coefficient (Wildman–Crippen LogP) is 6.32. The van der Waals surface area contributed by atoms with Crippen molar-refractivity contribution in [2.75, 3.05) is 10.2 Å².